The number of ether oxygens (including phenoxy) is 3. The molecule has 31 heavy (non-hydrogen) atoms. The maximum atomic E-state index is 15.4. The fourth-order valence-electron chi connectivity index (χ4n) is 2.83. The fourth-order valence-corrected chi connectivity index (χ4v) is 2.83. The molecular formula is C25H15F2NO3. The quantitative estimate of drug-likeness (QED) is 0.334. The highest BCUT2D eigenvalue weighted by Gasteiger charge is 2.30. The molecule has 0 spiro atoms. The van der Waals surface area contributed by atoms with Gasteiger partial charge in [-0.2, -0.15) is 14.0 Å². The minimum absolute atomic E-state index is 0.210. The number of halogens is 2. The Labute approximate surface area is 177 Å². The van der Waals surface area contributed by atoms with E-state index in [1.54, 1.807) is 97.1 Å². The van der Waals surface area contributed by atoms with Crippen LogP contribution in [-0.4, -0.2) is 0 Å². The molecule has 0 aliphatic carbocycles. The predicted octanol–water partition coefficient (Wildman–Crippen LogP) is 7.21. The Balaban J connectivity index is 1.88. The lowest BCUT2D eigenvalue weighted by atomic mass is 10.1. The number of hydrogen-bond acceptors (Lipinski definition) is 4. The lowest BCUT2D eigenvalue weighted by molar-refractivity contribution is 0.357. The molecule has 0 heterocycles. The third-order valence-corrected chi connectivity index (χ3v) is 4.25. The monoisotopic (exact) mass is 415 g/mol. The molecular weight excluding hydrogens is 400 g/mol. The number of benzene rings is 4. The Morgan fingerprint density at radius 2 is 0.839 bits per heavy atom. The van der Waals surface area contributed by atoms with E-state index in [4.69, 9.17) is 14.2 Å². The van der Waals surface area contributed by atoms with Gasteiger partial charge in [-0.3, -0.25) is 0 Å². The molecule has 4 nitrogen and oxygen atoms in total. The molecule has 0 aromatic heterocycles. The fraction of sp³-hybridized carbons (Fsp3) is 0. The van der Waals surface area contributed by atoms with Gasteiger partial charge in [-0.25, -0.2) is 0 Å². The van der Waals surface area contributed by atoms with Gasteiger partial charge in [0.25, 0.3) is 0 Å². The first-order chi connectivity index (χ1) is 15.2. The van der Waals surface area contributed by atoms with E-state index in [1.165, 1.54) is 0 Å². The van der Waals surface area contributed by atoms with Crippen molar-refractivity contribution in [2.45, 2.75) is 0 Å². The van der Waals surface area contributed by atoms with Gasteiger partial charge in [-0.15, -0.1) is 0 Å². The van der Waals surface area contributed by atoms with Gasteiger partial charge in [0.1, 0.15) is 28.9 Å². The molecule has 0 saturated heterocycles. The van der Waals surface area contributed by atoms with E-state index in [9.17, 15) is 5.26 Å². The average Bonchev–Trinajstić information content (AvgIpc) is 2.82. The lowest BCUT2D eigenvalue weighted by Crippen LogP contribution is -2.03. The van der Waals surface area contributed by atoms with Crippen LogP contribution in [0, 0.1) is 23.0 Å². The topological polar surface area (TPSA) is 51.5 Å². The molecule has 4 aromatic carbocycles. The van der Waals surface area contributed by atoms with E-state index in [-0.39, 0.29) is 17.2 Å². The van der Waals surface area contributed by atoms with E-state index >= 15 is 8.78 Å². The van der Waals surface area contributed by atoms with Crippen LogP contribution in [0.15, 0.2) is 91.0 Å². The smallest absolute Gasteiger partial charge is 0.212 e. The van der Waals surface area contributed by atoms with Crippen molar-refractivity contribution in [1.29, 1.82) is 5.26 Å². The second-order valence-corrected chi connectivity index (χ2v) is 6.35. The Hall–Kier alpha value is -4.37. The van der Waals surface area contributed by atoms with Crippen LogP contribution in [0.4, 0.5) is 8.78 Å². The van der Waals surface area contributed by atoms with E-state index in [0.29, 0.717) is 0 Å². The highest BCUT2D eigenvalue weighted by Crippen LogP contribution is 2.45. The summed E-state index contributed by atoms with van der Waals surface area (Å²) < 4.78 is 47.5. The van der Waals surface area contributed by atoms with Crippen LogP contribution in [-0.2, 0) is 0 Å². The predicted molar refractivity (Wildman–Crippen MR) is 111 cm³/mol. The van der Waals surface area contributed by atoms with Crippen LogP contribution in [0.1, 0.15) is 5.56 Å². The second kappa shape index (κ2) is 8.97. The van der Waals surface area contributed by atoms with Gasteiger partial charge in [0.05, 0.1) is 0 Å². The molecule has 4 aromatic rings. The molecule has 0 N–H and O–H groups in total. The van der Waals surface area contributed by atoms with Gasteiger partial charge >= 0.3 is 0 Å². The summed E-state index contributed by atoms with van der Waals surface area (Å²) >= 11 is 0. The Bertz CT molecular complexity index is 1160. The summed E-state index contributed by atoms with van der Waals surface area (Å²) in [6.45, 7) is 0. The van der Waals surface area contributed by atoms with Crippen molar-refractivity contribution < 1.29 is 23.0 Å². The SMILES string of the molecule is N#Cc1c(Oc2ccccc2)c(F)c(Oc2ccccc2)c(F)c1Oc1ccccc1. The third kappa shape index (κ3) is 4.31. The number of nitriles is 1. The molecule has 0 bridgehead atoms. The van der Waals surface area contributed by atoms with Gasteiger partial charge in [0.2, 0.25) is 17.4 Å². The summed E-state index contributed by atoms with van der Waals surface area (Å²) in [4.78, 5) is 0. The normalized spacial score (nSPS) is 10.2. The Morgan fingerprint density at radius 1 is 0.516 bits per heavy atom. The number of para-hydroxylation sites is 3. The van der Waals surface area contributed by atoms with Gasteiger partial charge in [0, 0.05) is 0 Å². The van der Waals surface area contributed by atoms with Gasteiger partial charge < -0.3 is 14.2 Å². The summed E-state index contributed by atoms with van der Waals surface area (Å²) in [5.74, 6) is -3.28. The van der Waals surface area contributed by atoms with Gasteiger partial charge in [0.15, 0.2) is 11.5 Å². The highest BCUT2D eigenvalue weighted by atomic mass is 19.1. The standard InChI is InChI=1S/C25H15F2NO3/c26-21-23(29-17-10-4-1-5-11-17)20(16-28)24(30-18-12-6-2-7-13-18)22(27)25(21)31-19-14-8-3-9-15-19/h1-15H. The molecule has 0 unspecified atom stereocenters. The minimum Gasteiger partial charge on any atom is -0.453 e. The first-order valence-corrected chi connectivity index (χ1v) is 9.31. The lowest BCUT2D eigenvalue weighted by Gasteiger charge is -2.17. The first-order valence-electron chi connectivity index (χ1n) is 9.31. The van der Waals surface area contributed by atoms with Crippen molar-refractivity contribution >= 4 is 0 Å². The van der Waals surface area contributed by atoms with Gasteiger partial charge in [-0.1, -0.05) is 54.6 Å². The van der Waals surface area contributed by atoms with E-state index in [1.807, 2.05) is 0 Å². The Kier molecular flexibility index (Phi) is 5.77. The summed E-state index contributed by atoms with van der Waals surface area (Å²) in [7, 11) is 0. The molecule has 6 heteroatoms. The van der Waals surface area contributed by atoms with Crippen LogP contribution in [0.2, 0.25) is 0 Å². The van der Waals surface area contributed by atoms with Crippen LogP contribution >= 0.6 is 0 Å². The Morgan fingerprint density at radius 3 is 1.16 bits per heavy atom. The highest BCUT2D eigenvalue weighted by molar-refractivity contribution is 5.61. The number of rotatable bonds is 6. The third-order valence-electron chi connectivity index (χ3n) is 4.25. The molecule has 0 saturated carbocycles. The molecule has 152 valence electrons. The molecule has 4 rings (SSSR count). The summed E-state index contributed by atoms with van der Waals surface area (Å²) in [6.07, 6.45) is 0. The summed E-state index contributed by atoms with van der Waals surface area (Å²) in [5, 5.41) is 9.70. The first kappa shape index (κ1) is 19.9. The zero-order valence-corrected chi connectivity index (χ0v) is 16.1. The van der Waals surface area contributed by atoms with Crippen LogP contribution in [0.25, 0.3) is 0 Å². The van der Waals surface area contributed by atoms with Crippen molar-refractivity contribution in [2.24, 2.45) is 0 Å². The molecule has 0 radical (unpaired) electrons. The van der Waals surface area contributed by atoms with Crippen LogP contribution in [0.3, 0.4) is 0 Å². The summed E-state index contributed by atoms with van der Waals surface area (Å²) in [6, 6.07) is 26.5. The maximum Gasteiger partial charge on any atom is 0.212 e. The molecule has 0 amide bonds. The second-order valence-electron chi connectivity index (χ2n) is 6.35. The molecule has 0 aliphatic rings. The van der Waals surface area contributed by atoms with Crippen molar-refractivity contribution in [1.82, 2.24) is 0 Å². The zero-order chi connectivity index (χ0) is 21.6. The largest absolute Gasteiger partial charge is 0.453 e. The molecule has 0 aliphatic heterocycles. The van der Waals surface area contributed by atoms with Crippen LogP contribution < -0.4 is 14.2 Å². The van der Waals surface area contributed by atoms with Crippen molar-refractivity contribution in [2.75, 3.05) is 0 Å². The molecule has 0 fully saturated rings. The van der Waals surface area contributed by atoms with Crippen molar-refractivity contribution in [3.05, 3.63) is 108 Å². The van der Waals surface area contributed by atoms with Crippen LogP contribution in [0.5, 0.6) is 34.5 Å². The average molecular weight is 415 g/mol. The minimum atomic E-state index is -1.15. The molecule has 0 atom stereocenters. The number of hydrogen-bond donors (Lipinski definition) is 0. The number of nitrogens with zero attached hydrogens (tertiary/aromatic N) is 1. The maximum absolute atomic E-state index is 15.4. The van der Waals surface area contributed by atoms with Crippen molar-refractivity contribution in [3.63, 3.8) is 0 Å². The summed E-state index contributed by atoms with van der Waals surface area (Å²) in [5.41, 5.74) is -0.428. The van der Waals surface area contributed by atoms with E-state index in [2.05, 4.69) is 0 Å². The van der Waals surface area contributed by atoms with Gasteiger partial charge in [-0.05, 0) is 36.4 Å². The zero-order valence-electron chi connectivity index (χ0n) is 16.1. The van der Waals surface area contributed by atoms with Crippen molar-refractivity contribution in [3.8, 4) is 40.6 Å². The van der Waals surface area contributed by atoms with E-state index < -0.39 is 34.4 Å². The van der Waals surface area contributed by atoms with E-state index in [0.717, 1.165) is 0 Å².